The highest BCUT2D eigenvalue weighted by atomic mass is 79.9. The van der Waals surface area contributed by atoms with Gasteiger partial charge in [-0.2, -0.15) is 0 Å². The molecule has 0 bridgehead atoms. The Morgan fingerprint density at radius 2 is 2.36 bits per heavy atom. The molecular weight excluding hydrogens is 210 g/mol. The van der Waals surface area contributed by atoms with Crippen LogP contribution in [-0.4, -0.2) is 28.4 Å². The van der Waals surface area contributed by atoms with E-state index >= 15 is 0 Å². The summed E-state index contributed by atoms with van der Waals surface area (Å²) in [7, 11) is 0. The van der Waals surface area contributed by atoms with Crippen molar-refractivity contribution < 1.29 is 9.63 Å². The molecule has 0 aromatic carbocycles. The van der Waals surface area contributed by atoms with Crippen LogP contribution in [0.25, 0.3) is 0 Å². The second-order valence-electron chi connectivity index (χ2n) is 2.85. The van der Waals surface area contributed by atoms with E-state index in [9.17, 15) is 4.79 Å². The number of hydrogen-bond acceptors (Lipinski definition) is 2. The third kappa shape index (κ3) is 1.93. The summed E-state index contributed by atoms with van der Waals surface area (Å²) in [4.78, 5) is 16.4. The van der Waals surface area contributed by atoms with Crippen LogP contribution in [-0.2, 0) is 9.63 Å². The number of hydroxylamine groups is 2. The van der Waals surface area contributed by atoms with Crippen LogP contribution < -0.4 is 0 Å². The van der Waals surface area contributed by atoms with Gasteiger partial charge in [0.05, 0.1) is 17.5 Å². The normalized spacial score (nSPS) is 26.4. The van der Waals surface area contributed by atoms with Gasteiger partial charge in [0, 0.05) is 0 Å². The summed E-state index contributed by atoms with van der Waals surface area (Å²) in [5.41, 5.74) is 0. The smallest absolute Gasteiger partial charge is 0.260 e. The molecule has 1 atom stereocenters. The summed E-state index contributed by atoms with van der Waals surface area (Å²) in [5, 5.41) is 1.43. The second kappa shape index (κ2) is 3.54. The molecule has 0 spiro atoms. The fourth-order valence-corrected chi connectivity index (χ4v) is 1.37. The van der Waals surface area contributed by atoms with Crippen molar-refractivity contribution in [2.75, 3.05) is 6.61 Å². The van der Waals surface area contributed by atoms with Gasteiger partial charge in [-0.3, -0.25) is 9.63 Å². The minimum Gasteiger partial charge on any atom is -0.271 e. The maximum atomic E-state index is 11.3. The molecule has 1 rings (SSSR count). The lowest BCUT2D eigenvalue weighted by atomic mass is 10.2. The van der Waals surface area contributed by atoms with Gasteiger partial charge in [0.1, 0.15) is 0 Å². The number of rotatable bonds is 1. The highest BCUT2D eigenvalue weighted by Crippen LogP contribution is 2.17. The number of alkyl halides is 1. The highest BCUT2D eigenvalue weighted by molar-refractivity contribution is 9.10. The van der Waals surface area contributed by atoms with Gasteiger partial charge in [-0.25, -0.2) is 5.06 Å². The van der Waals surface area contributed by atoms with Crippen LogP contribution >= 0.6 is 15.9 Å². The Morgan fingerprint density at radius 1 is 1.73 bits per heavy atom. The molecule has 0 aromatic heterocycles. The highest BCUT2D eigenvalue weighted by Gasteiger charge is 2.29. The lowest BCUT2D eigenvalue weighted by Crippen LogP contribution is -2.45. The number of amides is 1. The Bertz CT molecular complexity index is 161. The van der Waals surface area contributed by atoms with E-state index < -0.39 is 0 Å². The first kappa shape index (κ1) is 9.00. The maximum absolute atomic E-state index is 11.3. The third-order valence-electron chi connectivity index (χ3n) is 1.56. The molecule has 1 saturated heterocycles. The molecule has 0 aliphatic carbocycles. The molecule has 0 saturated carbocycles. The molecule has 3 nitrogen and oxygen atoms in total. The van der Waals surface area contributed by atoms with Crippen LogP contribution in [0.5, 0.6) is 0 Å². The molecule has 0 aromatic rings. The van der Waals surface area contributed by atoms with Crippen LogP contribution in [0.2, 0.25) is 0 Å². The van der Waals surface area contributed by atoms with Gasteiger partial charge in [-0.15, -0.1) is 0 Å². The van der Waals surface area contributed by atoms with E-state index in [1.807, 2.05) is 13.8 Å². The summed E-state index contributed by atoms with van der Waals surface area (Å²) in [6, 6.07) is 0.128. The number of halogens is 1. The molecule has 0 N–H and O–H groups in total. The first-order valence-corrected chi connectivity index (χ1v) is 4.64. The molecule has 1 amide bonds. The fourth-order valence-electron chi connectivity index (χ4n) is 0.983. The monoisotopic (exact) mass is 221 g/mol. The maximum Gasteiger partial charge on any atom is 0.260 e. The Kier molecular flexibility index (Phi) is 2.90. The Hall–Kier alpha value is -0.0900. The Labute approximate surface area is 74.8 Å². The zero-order valence-corrected chi connectivity index (χ0v) is 8.30. The summed E-state index contributed by atoms with van der Waals surface area (Å²) >= 11 is 3.29. The molecule has 4 heteroatoms. The lowest BCUT2D eigenvalue weighted by molar-refractivity contribution is -0.206. The van der Waals surface area contributed by atoms with E-state index in [0.29, 0.717) is 6.61 Å². The van der Waals surface area contributed by atoms with Crippen molar-refractivity contribution in [1.82, 2.24) is 5.06 Å². The van der Waals surface area contributed by atoms with Gasteiger partial charge in [-0.05, 0) is 20.3 Å². The van der Waals surface area contributed by atoms with Crippen molar-refractivity contribution in [3.05, 3.63) is 0 Å². The van der Waals surface area contributed by atoms with Crippen LogP contribution in [0.4, 0.5) is 0 Å². The Balaban J connectivity index is 2.58. The number of nitrogens with zero attached hydrogens (tertiary/aromatic N) is 1. The number of carbonyl (C=O) groups excluding carboxylic acids is 1. The average Bonchev–Trinajstić information content (AvgIpc) is 1.94. The zero-order chi connectivity index (χ0) is 8.43. The van der Waals surface area contributed by atoms with Crippen molar-refractivity contribution in [2.45, 2.75) is 31.1 Å². The topological polar surface area (TPSA) is 29.5 Å². The molecule has 11 heavy (non-hydrogen) atoms. The van der Waals surface area contributed by atoms with Crippen molar-refractivity contribution in [3.8, 4) is 0 Å². The van der Waals surface area contributed by atoms with E-state index in [1.165, 1.54) is 5.06 Å². The molecule has 1 unspecified atom stereocenters. The van der Waals surface area contributed by atoms with Crippen LogP contribution in [0.3, 0.4) is 0 Å². The molecule has 0 radical (unpaired) electrons. The van der Waals surface area contributed by atoms with E-state index in [0.717, 1.165) is 6.42 Å². The van der Waals surface area contributed by atoms with Crippen molar-refractivity contribution >= 4 is 21.8 Å². The van der Waals surface area contributed by atoms with E-state index in [1.54, 1.807) is 0 Å². The van der Waals surface area contributed by atoms with Gasteiger partial charge in [0.2, 0.25) is 0 Å². The first-order chi connectivity index (χ1) is 5.13. The predicted octanol–water partition coefficient (Wildman–Crippen LogP) is 1.32. The zero-order valence-electron chi connectivity index (χ0n) is 6.71. The quantitative estimate of drug-likeness (QED) is 0.626. The number of carbonyl (C=O) groups is 1. The van der Waals surface area contributed by atoms with Crippen molar-refractivity contribution in [1.29, 1.82) is 0 Å². The Morgan fingerprint density at radius 3 is 2.82 bits per heavy atom. The second-order valence-corrected chi connectivity index (χ2v) is 3.95. The SMILES string of the molecule is CC(C)N1OCCC(Br)C1=O. The van der Waals surface area contributed by atoms with E-state index in [4.69, 9.17) is 4.84 Å². The van der Waals surface area contributed by atoms with Gasteiger partial charge >= 0.3 is 0 Å². The standard InChI is InChI=1S/C7H12BrNO2/c1-5(2)9-7(10)6(8)3-4-11-9/h5-6H,3-4H2,1-2H3. The third-order valence-corrected chi connectivity index (χ3v) is 2.41. The van der Waals surface area contributed by atoms with Gasteiger partial charge in [0.15, 0.2) is 0 Å². The van der Waals surface area contributed by atoms with Crippen LogP contribution in [0, 0.1) is 0 Å². The first-order valence-electron chi connectivity index (χ1n) is 3.73. The molecule has 1 heterocycles. The van der Waals surface area contributed by atoms with Crippen LogP contribution in [0.15, 0.2) is 0 Å². The summed E-state index contributed by atoms with van der Waals surface area (Å²) in [6.45, 7) is 4.49. The van der Waals surface area contributed by atoms with E-state index in [2.05, 4.69) is 15.9 Å². The summed E-state index contributed by atoms with van der Waals surface area (Å²) in [6.07, 6.45) is 0.766. The van der Waals surface area contributed by atoms with Crippen molar-refractivity contribution in [3.63, 3.8) is 0 Å². The lowest BCUT2D eigenvalue weighted by Gasteiger charge is -2.31. The van der Waals surface area contributed by atoms with E-state index in [-0.39, 0.29) is 16.8 Å². The fraction of sp³-hybridized carbons (Fsp3) is 0.857. The van der Waals surface area contributed by atoms with Gasteiger partial charge in [0.25, 0.3) is 5.91 Å². The minimum absolute atomic E-state index is 0.0336. The summed E-state index contributed by atoms with van der Waals surface area (Å²) < 4.78 is 0. The van der Waals surface area contributed by atoms with Crippen LogP contribution in [0.1, 0.15) is 20.3 Å². The summed E-state index contributed by atoms with van der Waals surface area (Å²) in [5.74, 6) is 0.0336. The van der Waals surface area contributed by atoms with Crippen molar-refractivity contribution in [2.24, 2.45) is 0 Å². The largest absolute Gasteiger partial charge is 0.271 e. The molecule has 1 aliphatic rings. The molecular formula is C7H12BrNO2. The predicted molar refractivity (Wildman–Crippen MR) is 45.3 cm³/mol. The molecule has 1 fully saturated rings. The number of hydrogen-bond donors (Lipinski definition) is 0. The molecule has 64 valence electrons. The average molecular weight is 222 g/mol. The van der Waals surface area contributed by atoms with Gasteiger partial charge in [-0.1, -0.05) is 15.9 Å². The molecule has 1 aliphatic heterocycles. The van der Waals surface area contributed by atoms with Gasteiger partial charge < -0.3 is 0 Å². The minimum atomic E-state index is -0.0568.